The van der Waals surface area contributed by atoms with Gasteiger partial charge in [0.1, 0.15) is 5.52 Å². The first-order valence-electron chi connectivity index (χ1n) is 4.32. The zero-order chi connectivity index (χ0) is 9.97. The summed E-state index contributed by atoms with van der Waals surface area (Å²) in [6.45, 7) is 2.33. The largest absolute Gasteiger partial charge is 0.450 e. The summed E-state index contributed by atoms with van der Waals surface area (Å²) in [7, 11) is 0. The van der Waals surface area contributed by atoms with Crippen molar-refractivity contribution in [3.8, 4) is 6.08 Å². The van der Waals surface area contributed by atoms with Crippen LogP contribution in [-0.4, -0.2) is 17.9 Å². The fourth-order valence-electron chi connectivity index (χ4n) is 1.23. The van der Waals surface area contributed by atoms with Crippen LogP contribution in [0.1, 0.15) is 17.3 Å². The highest BCUT2D eigenvalue weighted by molar-refractivity contribution is 5.92. The first-order chi connectivity index (χ1) is 6.85. The Morgan fingerprint density at radius 3 is 3.14 bits per heavy atom. The molecule has 0 N–H and O–H groups in total. The zero-order valence-corrected chi connectivity index (χ0v) is 7.69. The number of hydrogen-bond donors (Lipinski definition) is 0. The molecular weight excluding hydrogens is 182 g/mol. The third kappa shape index (κ3) is 1.35. The fraction of sp³-hybridized carbons (Fsp3) is 0.200. The Balaban J connectivity index is 2.58. The van der Waals surface area contributed by atoms with Crippen molar-refractivity contribution in [1.82, 2.24) is 4.98 Å². The molecule has 0 aliphatic rings. The molecule has 1 aromatic heterocycles. The van der Waals surface area contributed by atoms with E-state index >= 15 is 0 Å². The highest BCUT2D eigenvalue weighted by Gasteiger charge is 2.09. The van der Waals surface area contributed by atoms with E-state index in [2.05, 4.69) is 4.98 Å². The number of carbonyl (C=O) groups is 1. The van der Waals surface area contributed by atoms with Crippen molar-refractivity contribution in [3.63, 3.8) is 0 Å². The summed E-state index contributed by atoms with van der Waals surface area (Å²) in [5, 5.41) is 0. The van der Waals surface area contributed by atoms with Gasteiger partial charge in [0, 0.05) is 0 Å². The Kier molecular flexibility index (Phi) is 2.18. The monoisotopic (exact) mass is 191 g/mol. The van der Waals surface area contributed by atoms with E-state index in [0.29, 0.717) is 23.3 Å². The number of fused-ring (bicyclic) bond motifs is 1. The lowest BCUT2D eigenvalue weighted by molar-refractivity contribution is 0.112. The van der Waals surface area contributed by atoms with Gasteiger partial charge in [0.05, 0.1) is 12.2 Å². The van der Waals surface area contributed by atoms with E-state index in [1.165, 1.54) is 0 Å². The van der Waals surface area contributed by atoms with Gasteiger partial charge in [-0.3, -0.25) is 4.79 Å². The summed E-state index contributed by atoms with van der Waals surface area (Å²) < 4.78 is 10.4. The van der Waals surface area contributed by atoms with Crippen molar-refractivity contribution in [2.45, 2.75) is 6.92 Å². The maximum absolute atomic E-state index is 10.7. The molecule has 0 fully saturated rings. The second-order valence-corrected chi connectivity index (χ2v) is 2.73. The molecule has 0 aliphatic heterocycles. The predicted molar refractivity (Wildman–Crippen MR) is 50.6 cm³/mol. The molecule has 0 amide bonds. The van der Waals surface area contributed by atoms with Crippen molar-refractivity contribution in [3.05, 3.63) is 23.8 Å². The minimum atomic E-state index is 0.205. The standard InChI is InChI=1S/C10H9NO3/c1-2-13-10-11-8-5-3-4-7(6-12)9(8)14-10/h3-6H,2H2,1H3. The van der Waals surface area contributed by atoms with Gasteiger partial charge in [-0.15, -0.1) is 0 Å². The smallest absolute Gasteiger partial charge is 0.394 e. The number of ether oxygens (including phenoxy) is 1. The molecule has 72 valence electrons. The molecule has 1 aromatic carbocycles. The van der Waals surface area contributed by atoms with Gasteiger partial charge in [-0.05, 0) is 19.1 Å². The number of benzene rings is 1. The predicted octanol–water partition coefficient (Wildman–Crippen LogP) is 2.04. The van der Waals surface area contributed by atoms with Crippen LogP contribution in [0.25, 0.3) is 11.1 Å². The van der Waals surface area contributed by atoms with Crippen LogP contribution in [0, 0.1) is 0 Å². The van der Waals surface area contributed by atoms with Crippen LogP contribution in [0.15, 0.2) is 22.6 Å². The molecule has 1 heterocycles. The number of hydrogen-bond acceptors (Lipinski definition) is 4. The molecule has 4 nitrogen and oxygen atoms in total. The van der Waals surface area contributed by atoms with E-state index in [1.807, 2.05) is 6.92 Å². The van der Waals surface area contributed by atoms with Crippen LogP contribution in [0.3, 0.4) is 0 Å². The van der Waals surface area contributed by atoms with Crippen molar-refractivity contribution >= 4 is 17.4 Å². The molecule has 2 rings (SSSR count). The molecule has 0 aliphatic carbocycles. The number of para-hydroxylation sites is 1. The van der Waals surface area contributed by atoms with Gasteiger partial charge < -0.3 is 9.15 Å². The van der Waals surface area contributed by atoms with Crippen molar-refractivity contribution in [2.75, 3.05) is 6.61 Å². The highest BCUT2D eigenvalue weighted by atomic mass is 16.6. The SMILES string of the molecule is CCOc1nc2cccc(C=O)c2o1. The normalized spacial score (nSPS) is 10.4. The summed E-state index contributed by atoms with van der Waals surface area (Å²) in [4.78, 5) is 14.7. The summed E-state index contributed by atoms with van der Waals surface area (Å²) in [5.74, 6) is 0. The Hall–Kier alpha value is -1.84. The van der Waals surface area contributed by atoms with Gasteiger partial charge >= 0.3 is 6.08 Å². The Labute approximate surface area is 80.5 Å². The second-order valence-electron chi connectivity index (χ2n) is 2.73. The number of nitrogens with zero attached hydrogens (tertiary/aromatic N) is 1. The first kappa shape index (κ1) is 8.74. The van der Waals surface area contributed by atoms with Gasteiger partial charge in [0.2, 0.25) is 0 Å². The van der Waals surface area contributed by atoms with Crippen molar-refractivity contribution < 1.29 is 13.9 Å². The van der Waals surface area contributed by atoms with Crippen molar-refractivity contribution in [2.24, 2.45) is 0 Å². The molecule has 0 unspecified atom stereocenters. The summed E-state index contributed by atoms with van der Waals surface area (Å²) in [5.41, 5.74) is 1.60. The van der Waals surface area contributed by atoms with E-state index in [1.54, 1.807) is 18.2 Å². The van der Waals surface area contributed by atoms with E-state index in [9.17, 15) is 4.79 Å². The summed E-state index contributed by atoms with van der Waals surface area (Å²) in [6.07, 6.45) is 0.945. The molecule has 0 atom stereocenters. The minimum Gasteiger partial charge on any atom is -0.450 e. The van der Waals surface area contributed by atoms with Gasteiger partial charge in [-0.2, -0.15) is 4.98 Å². The Bertz CT molecular complexity index is 461. The average molecular weight is 191 g/mol. The molecule has 0 saturated heterocycles. The Morgan fingerprint density at radius 1 is 1.57 bits per heavy atom. The lowest BCUT2D eigenvalue weighted by Gasteiger charge is -1.92. The summed E-state index contributed by atoms with van der Waals surface area (Å²) in [6, 6.07) is 5.20. The van der Waals surface area contributed by atoms with Crippen LogP contribution in [-0.2, 0) is 0 Å². The third-order valence-corrected chi connectivity index (χ3v) is 1.82. The topological polar surface area (TPSA) is 52.3 Å². The van der Waals surface area contributed by atoms with Crippen LogP contribution < -0.4 is 4.74 Å². The molecule has 14 heavy (non-hydrogen) atoms. The number of aromatic nitrogens is 1. The Morgan fingerprint density at radius 2 is 2.43 bits per heavy atom. The van der Waals surface area contributed by atoms with Gasteiger partial charge in [-0.1, -0.05) is 6.07 Å². The number of aldehydes is 1. The van der Waals surface area contributed by atoms with E-state index < -0.39 is 0 Å². The molecular formula is C10H9NO3. The van der Waals surface area contributed by atoms with Gasteiger partial charge in [-0.25, -0.2) is 0 Å². The minimum absolute atomic E-state index is 0.205. The molecule has 4 heteroatoms. The number of oxazole rings is 1. The van der Waals surface area contributed by atoms with Gasteiger partial charge in [0.15, 0.2) is 11.9 Å². The molecule has 2 aromatic rings. The zero-order valence-electron chi connectivity index (χ0n) is 7.69. The number of carbonyl (C=O) groups excluding carboxylic acids is 1. The van der Waals surface area contributed by atoms with E-state index in [4.69, 9.17) is 9.15 Å². The van der Waals surface area contributed by atoms with Crippen molar-refractivity contribution in [1.29, 1.82) is 0 Å². The van der Waals surface area contributed by atoms with Crippen LogP contribution in [0.5, 0.6) is 6.08 Å². The first-order valence-corrected chi connectivity index (χ1v) is 4.32. The average Bonchev–Trinajstić information content (AvgIpc) is 2.60. The lowest BCUT2D eigenvalue weighted by atomic mass is 10.2. The van der Waals surface area contributed by atoms with Crippen LogP contribution >= 0.6 is 0 Å². The third-order valence-electron chi connectivity index (χ3n) is 1.82. The maximum Gasteiger partial charge on any atom is 0.394 e. The van der Waals surface area contributed by atoms with Crippen LogP contribution in [0.4, 0.5) is 0 Å². The fourth-order valence-corrected chi connectivity index (χ4v) is 1.23. The highest BCUT2D eigenvalue weighted by Crippen LogP contribution is 2.22. The molecule has 0 saturated carbocycles. The molecule has 0 bridgehead atoms. The van der Waals surface area contributed by atoms with Gasteiger partial charge in [0.25, 0.3) is 0 Å². The molecule has 0 radical (unpaired) electrons. The summed E-state index contributed by atoms with van der Waals surface area (Å²) >= 11 is 0. The molecule has 0 spiro atoms. The lowest BCUT2D eigenvalue weighted by Crippen LogP contribution is -1.89. The maximum atomic E-state index is 10.7. The number of rotatable bonds is 3. The quantitative estimate of drug-likeness (QED) is 0.696. The second kappa shape index (κ2) is 3.49. The van der Waals surface area contributed by atoms with E-state index in [-0.39, 0.29) is 6.08 Å². The van der Waals surface area contributed by atoms with Crippen LogP contribution in [0.2, 0.25) is 0 Å². The van der Waals surface area contributed by atoms with E-state index in [0.717, 1.165) is 6.29 Å².